The molecule has 2 aromatic rings. The van der Waals surface area contributed by atoms with Crippen LogP contribution in [0.2, 0.25) is 0 Å². The average molecular weight is 385 g/mol. The molecule has 28 heavy (non-hydrogen) atoms. The summed E-state index contributed by atoms with van der Waals surface area (Å²) in [6.07, 6.45) is 1.76. The Morgan fingerprint density at radius 1 is 1.25 bits per heavy atom. The molecule has 1 N–H and O–H groups in total. The molecule has 0 aliphatic carbocycles. The van der Waals surface area contributed by atoms with Crippen LogP contribution in [0.15, 0.2) is 24.3 Å². The fourth-order valence-electron chi connectivity index (χ4n) is 3.41. The lowest BCUT2D eigenvalue weighted by Crippen LogP contribution is -2.39. The van der Waals surface area contributed by atoms with Crippen LogP contribution in [0.3, 0.4) is 0 Å². The van der Waals surface area contributed by atoms with Gasteiger partial charge in [0.2, 0.25) is 0 Å². The van der Waals surface area contributed by atoms with Crippen molar-refractivity contribution in [3.8, 4) is 0 Å². The molecular formula is C19H23N5O4. The van der Waals surface area contributed by atoms with Gasteiger partial charge < -0.3 is 15.0 Å². The van der Waals surface area contributed by atoms with Crippen molar-refractivity contribution in [1.29, 1.82) is 0 Å². The smallest absolute Gasteiger partial charge is 0.344 e. The third kappa shape index (κ3) is 4.36. The predicted octanol–water partition coefficient (Wildman–Crippen LogP) is 2.87. The van der Waals surface area contributed by atoms with Crippen LogP contribution < -0.4 is 10.2 Å². The highest BCUT2D eigenvalue weighted by Gasteiger charge is 2.24. The van der Waals surface area contributed by atoms with Crippen LogP contribution in [-0.2, 0) is 4.74 Å². The van der Waals surface area contributed by atoms with Crippen LogP contribution >= 0.6 is 0 Å². The zero-order chi connectivity index (χ0) is 20.3. The zero-order valence-corrected chi connectivity index (χ0v) is 16.1. The van der Waals surface area contributed by atoms with Gasteiger partial charge in [-0.2, -0.15) is 0 Å². The fraction of sp³-hybridized carbons (Fsp3) is 0.421. The molecule has 3 rings (SSSR count). The first-order valence-electron chi connectivity index (χ1n) is 9.08. The molecule has 9 heteroatoms. The number of nitro groups is 1. The van der Waals surface area contributed by atoms with E-state index in [0.717, 1.165) is 43.3 Å². The summed E-state index contributed by atoms with van der Waals surface area (Å²) in [5.41, 5.74) is 1.30. The topological polar surface area (TPSA) is 110 Å². The molecule has 0 amide bonds. The van der Waals surface area contributed by atoms with E-state index in [4.69, 9.17) is 0 Å². The number of anilines is 2. The first-order chi connectivity index (χ1) is 13.4. The number of nitro benzene ring substituents is 1. The van der Waals surface area contributed by atoms with Crippen molar-refractivity contribution in [3.63, 3.8) is 0 Å². The molecular weight excluding hydrogens is 362 g/mol. The summed E-state index contributed by atoms with van der Waals surface area (Å²) in [5.74, 6) is 0.975. The number of esters is 1. The Labute approximate surface area is 162 Å². The quantitative estimate of drug-likeness (QED) is 0.475. The first kappa shape index (κ1) is 19.5. The minimum atomic E-state index is -0.723. The lowest BCUT2D eigenvalue weighted by Gasteiger charge is -2.33. The summed E-state index contributed by atoms with van der Waals surface area (Å²) >= 11 is 0. The van der Waals surface area contributed by atoms with Crippen molar-refractivity contribution in [3.05, 3.63) is 51.5 Å². The van der Waals surface area contributed by atoms with Gasteiger partial charge >= 0.3 is 5.97 Å². The second-order valence-electron chi connectivity index (χ2n) is 6.80. The standard InChI is InChI=1S/C19H23N5O4/c1-12-10-18(21-13(2)20-12)23-8-6-14(7-9-23)22-15-4-5-17(24(26)27)16(11-15)19(25)28-3/h4-5,10-11,14,22H,6-9H2,1-3H3. The molecule has 1 aromatic carbocycles. The van der Waals surface area contributed by atoms with Gasteiger partial charge in [0.1, 0.15) is 17.2 Å². The summed E-state index contributed by atoms with van der Waals surface area (Å²) in [6, 6.07) is 6.62. The van der Waals surface area contributed by atoms with Crippen LogP contribution in [0.5, 0.6) is 0 Å². The summed E-state index contributed by atoms with van der Waals surface area (Å²) in [7, 11) is 1.21. The molecule has 1 fully saturated rings. The van der Waals surface area contributed by atoms with Crippen LogP contribution in [0.1, 0.15) is 34.7 Å². The highest BCUT2D eigenvalue weighted by Crippen LogP contribution is 2.26. The second-order valence-corrected chi connectivity index (χ2v) is 6.80. The Kier molecular flexibility index (Phi) is 5.72. The van der Waals surface area contributed by atoms with E-state index in [9.17, 15) is 14.9 Å². The molecule has 0 unspecified atom stereocenters. The van der Waals surface area contributed by atoms with Crippen LogP contribution in [0.25, 0.3) is 0 Å². The summed E-state index contributed by atoms with van der Waals surface area (Å²) in [4.78, 5) is 33.5. The number of aryl methyl sites for hydroxylation is 2. The highest BCUT2D eigenvalue weighted by molar-refractivity contribution is 5.95. The molecule has 1 saturated heterocycles. The maximum Gasteiger partial charge on any atom is 0.344 e. The number of carbonyl (C=O) groups is 1. The lowest BCUT2D eigenvalue weighted by atomic mass is 10.0. The van der Waals surface area contributed by atoms with E-state index in [1.165, 1.54) is 19.2 Å². The fourth-order valence-corrected chi connectivity index (χ4v) is 3.41. The van der Waals surface area contributed by atoms with E-state index in [1.54, 1.807) is 6.07 Å². The van der Waals surface area contributed by atoms with Crippen molar-refractivity contribution < 1.29 is 14.5 Å². The number of ether oxygens (including phenoxy) is 1. The lowest BCUT2D eigenvalue weighted by molar-refractivity contribution is -0.385. The minimum absolute atomic E-state index is 0.0538. The van der Waals surface area contributed by atoms with Gasteiger partial charge in [-0.3, -0.25) is 10.1 Å². The summed E-state index contributed by atoms with van der Waals surface area (Å²) in [5, 5.41) is 14.5. The number of piperidine rings is 1. The van der Waals surface area contributed by atoms with Crippen molar-refractivity contribution in [2.24, 2.45) is 0 Å². The van der Waals surface area contributed by atoms with Gasteiger partial charge in [0.25, 0.3) is 5.69 Å². The molecule has 148 valence electrons. The van der Waals surface area contributed by atoms with E-state index in [-0.39, 0.29) is 17.3 Å². The molecule has 0 spiro atoms. The third-order valence-electron chi connectivity index (χ3n) is 4.74. The average Bonchev–Trinajstić information content (AvgIpc) is 2.67. The van der Waals surface area contributed by atoms with Gasteiger partial charge in [-0.1, -0.05) is 0 Å². The van der Waals surface area contributed by atoms with Gasteiger partial charge in [0.15, 0.2) is 0 Å². The number of rotatable bonds is 5. The van der Waals surface area contributed by atoms with E-state index in [1.807, 2.05) is 19.9 Å². The van der Waals surface area contributed by atoms with Crippen molar-refractivity contribution in [2.75, 3.05) is 30.4 Å². The van der Waals surface area contributed by atoms with Crippen LogP contribution in [0.4, 0.5) is 17.2 Å². The highest BCUT2D eigenvalue weighted by atomic mass is 16.6. The second kappa shape index (κ2) is 8.20. The molecule has 0 saturated carbocycles. The number of hydrogen-bond acceptors (Lipinski definition) is 8. The Balaban J connectivity index is 1.67. The van der Waals surface area contributed by atoms with E-state index < -0.39 is 10.9 Å². The normalized spacial score (nSPS) is 14.6. The zero-order valence-electron chi connectivity index (χ0n) is 16.1. The van der Waals surface area contributed by atoms with Crippen LogP contribution in [0, 0.1) is 24.0 Å². The summed E-state index contributed by atoms with van der Waals surface area (Å²) < 4.78 is 4.66. The van der Waals surface area contributed by atoms with Gasteiger partial charge in [0.05, 0.1) is 12.0 Å². The Bertz CT molecular complexity index is 874. The number of nitrogens with one attached hydrogen (secondary N) is 1. The molecule has 1 aromatic heterocycles. The molecule has 1 aliphatic rings. The number of hydrogen-bond donors (Lipinski definition) is 1. The Morgan fingerprint density at radius 3 is 2.57 bits per heavy atom. The maximum absolute atomic E-state index is 11.9. The van der Waals surface area contributed by atoms with Gasteiger partial charge in [0, 0.05) is 42.6 Å². The molecule has 0 radical (unpaired) electrons. The Hall–Kier alpha value is -3.23. The molecule has 2 heterocycles. The van der Waals surface area contributed by atoms with E-state index >= 15 is 0 Å². The van der Waals surface area contributed by atoms with Gasteiger partial charge in [-0.15, -0.1) is 0 Å². The molecule has 0 atom stereocenters. The molecule has 1 aliphatic heterocycles. The monoisotopic (exact) mass is 385 g/mol. The number of benzene rings is 1. The van der Waals surface area contributed by atoms with E-state index in [2.05, 4.69) is 24.9 Å². The number of methoxy groups -OCH3 is 1. The van der Waals surface area contributed by atoms with Crippen LogP contribution in [-0.4, -0.2) is 47.1 Å². The minimum Gasteiger partial charge on any atom is -0.465 e. The van der Waals surface area contributed by atoms with Gasteiger partial charge in [-0.25, -0.2) is 14.8 Å². The van der Waals surface area contributed by atoms with E-state index in [0.29, 0.717) is 5.69 Å². The molecule has 9 nitrogen and oxygen atoms in total. The molecule has 0 bridgehead atoms. The summed E-state index contributed by atoms with van der Waals surface area (Å²) in [6.45, 7) is 5.52. The number of carbonyl (C=O) groups excluding carboxylic acids is 1. The Morgan fingerprint density at radius 2 is 1.96 bits per heavy atom. The predicted molar refractivity (Wildman–Crippen MR) is 105 cm³/mol. The van der Waals surface area contributed by atoms with Crippen molar-refractivity contribution in [2.45, 2.75) is 32.7 Å². The number of nitrogens with zero attached hydrogens (tertiary/aromatic N) is 4. The van der Waals surface area contributed by atoms with Crippen molar-refractivity contribution in [1.82, 2.24) is 9.97 Å². The van der Waals surface area contributed by atoms with Gasteiger partial charge in [-0.05, 0) is 38.8 Å². The largest absolute Gasteiger partial charge is 0.465 e. The third-order valence-corrected chi connectivity index (χ3v) is 4.74. The first-order valence-corrected chi connectivity index (χ1v) is 9.08. The maximum atomic E-state index is 11.9. The number of aromatic nitrogens is 2. The van der Waals surface area contributed by atoms with Crippen molar-refractivity contribution >= 4 is 23.2 Å². The SMILES string of the molecule is COC(=O)c1cc(NC2CCN(c3cc(C)nc(C)n3)CC2)ccc1[N+](=O)[O-].